The summed E-state index contributed by atoms with van der Waals surface area (Å²) in [5, 5.41) is 12.1. The molecule has 0 aliphatic carbocycles. The van der Waals surface area contributed by atoms with E-state index in [1.54, 1.807) is 20.8 Å². The van der Waals surface area contributed by atoms with Crippen molar-refractivity contribution in [2.45, 2.75) is 39.8 Å². The Kier molecular flexibility index (Phi) is 4.47. The number of hydrogen-bond acceptors (Lipinski definition) is 5. The molecule has 0 unspecified atom stereocenters. The van der Waals surface area contributed by atoms with E-state index in [0.29, 0.717) is 5.56 Å². The van der Waals surface area contributed by atoms with Gasteiger partial charge < -0.3 is 15.2 Å². The van der Waals surface area contributed by atoms with Gasteiger partial charge in [-0.2, -0.15) is 0 Å². The van der Waals surface area contributed by atoms with Crippen molar-refractivity contribution in [2.24, 2.45) is 0 Å². The highest BCUT2D eigenvalue weighted by Crippen LogP contribution is 2.16. The van der Waals surface area contributed by atoms with Crippen LogP contribution in [0.15, 0.2) is 12.3 Å². The Morgan fingerprint density at radius 2 is 2.05 bits per heavy atom. The Hall–Kier alpha value is -2.11. The molecular formula is C13H18N2O4. The molecule has 2 N–H and O–H groups in total. The molecule has 1 amide bonds. The average Bonchev–Trinajstić information content (AvgIpc) is 2.23. The predicted molar refractivity (Wildman–Crippen MR) is 69.0 cm³/mol. The van der Waals surface area contributed by atoms with E-state index in [0.717, 1.165) is 0 Å². The molecule has 0 aromatic carbocycles. The molecule has 0 saturated carbocycles. The van der Waals surface area contributed by atoms with E-state index in [2.05, 4.69) is 10.3 Å². The molecule has 1 rings (SSSR count). The number of ether oxygens (including phenoxy) is 1. The monoisotopic (exact) mass is 266 g/mol. The van der Waals surface area contributed by atoms with Crippen LogP contribution in [0.1, 0.15) is 43.7 Å². The third-order valence-corrected chi connectivity index (χ3v) is 2.09. The lowest BCUT2D eigenvalue weighted by atomic mass is 10.2. The average molecular weight is 266 g/mol. The Labute approximate surface area is 111 Å². The molecule has 104 valence electrons. The zero-order valence-corrected chi connectivity index (χ0v) is 11.5. The number of ketones is 1. The molecule has 1 aromatic heterocycles. The highest BCUT2D eigenvalue weighted by atomic mass is 16.6. The van der Waals surface area contributed by atoms with E-state index in [-0.39, 0.29) is 23.8 Å². The van der Waals surface area contributed by atoms with Crippen LogP contribution in [0.25, 0.3) is 0 Å². The predicted octanol–water partition coefficient (Wildman–Crippen LogP) is 2.01. The number of carbonyl (C=O) groups is 2. The first kappa shape index (κ1) is 14.9. The van der Waals surface area contributed by atoms with Crippen LogP contribution in [0, 0.1) is 0 Å². The second-order valence-corrected chi connectivity index (χ2v) is 5.12. The highest BCUT2D eigenvalue weighted by molar-refractivity contribution is 5.94. The Morgan fingerprint density at radius 3 is 2.53 bits per heavy atom. The van der Waals surface area contributed by atoms with Gasteiger partial charge in [-0.15, -0.1) is 0 Å². The molecule has 0 radical (unpaired) electrons. The lowest BCUT2D eigenvalue weighted by Crippen LogP contribution is -2.32. The largest absolute Gasteiger partial charge is 0.506 e. The summed E-state index contributed by atoms with van der Waals surface area (Å²) in [6.45, 7) is 6.78. The molecule has 1 heterocycles. The molecule has 0 aliphatic heterocycles. The number of rotatable bonds is 3. The summed E-state index contributed by atoms with van der Waals surface area (Å²) in [4.78, 5) is 26.3. The first-order valence-corrected chi connectivity index (χ1v) is 5.85. The Bertz CT molecular complexity index is 492. The number of hydrogen-bond donors (Lipinski definition) is 2. The van der Waals surface area contributed by atoms with E-state index >= 15 is 0 Å². The molecule has 0 fully saturated rings. The van der Waals surface area contributed by atoms with Gasteiger partial charge in [-0.1, -0.05) is 0 Å². The second-order valence-electron chi connectivity index (χ2n) is 5.12. The number of alkyl carbamates (subject to hydrolysis) is 1. The lowest BCUT2D eigenvalue weighted by molar-refractivity contribution is 0.0523. The van der Waals surface area contributed by atoms with Gasteiger partial charge in [0.15, 0.2) is 5.78 Å². The maximum atomic E-state index is 11.4. The summed E-state index contributed by atoms with van der Waals surface area (Å²) in [5.41, 5.74) is 0.0255. The zero-order chi connectivity index (χ0) is 14.6. The standard InChI is InChI=1S/C13H18N2O4/c1-8(16)11-10(17)5-9(6-14-11)7-15-12(18)19-13(2,3)4/h5-6,17H,7H2,1-4H3,(H,15,18). The molecule has 0 atom stereocenters. The summed E-state index contributed by atoms with van der Waals surface area (Å²) in [5.74, 6) is -0.514. The summed E-state index contributed by atoms with van der Waals surface area (Å²) >= 11 is 0. The third kappa shape index (κ3) is 4.95. The van der Waals surface area contributed by atoms with Crippen LogP contribution in [0.3, 0.4) is 0 Å². The number of pyridine rings is 1. The van der Waals surface area contributed by atoms with Crippen molar-refractivity contribution < 1.29 is 19.4 Å². The van der Waals surface area contributed by atoms with Gasteiger partial charge in [0.25, 0.3) is 0 Å². The normalized spacial score (nSPS) is 10.9. The third-order valence-electron chi connectivity index (χ3n) is 2.09. The van der Waals surface area contributed by atoms with Crippen LogP contribution in [0.5, 0.6) is 5.75 Å². The molecule has 0 saturated heterocycles. The van der Waals surface area contributed by atoms with Crippen molar-refractivity contribution in [3.63, 3.8) is 0 Å². The van der Waals surface area contributed by atoms with Crippen molar-refractivity contribution in [1.29, 1.82) is 0 Å². The molecule has 6 nitrogen and oxygen atoms in total. The minimum atomic E-state index is -0.567. The number of nitrogens with one attached hydrogen (secondary N) is 1. The number of aromatic nitrogens is 1. The number of aromatic hydroxyl groups is 1. The van der Waals surface area contributed by atoms with E-state index < -0.39 is 11.7 Å². The minimum Gasteiger partial charge on any atom is -0.506 e. The zero-order valence-electron chi connectivity index (χ0n) is 11.5. The van der Waals surface area contributed by atoms with E-state index in [9.17, 15) is 14.7 Å². The molecule has 19 heavy (non-hydrogen) atoms. The first-order valence-electron chi connectivity index (χ1n) is 5.85. The van der Waals surface area contributed by atoms with E-state index in [1.165, 1.54) is 19.2 Å². The molecular weight excluding hydrogens is 248 g/mol. The molecule has 0 bridgehead atoms. The summed E-state index contributed by atoms with van der Waals surface area (Å²) in [6, 6.07) is 1.39. The van der Waals surface area contributed by atoms with Gasteiger partial charge in [-0.3, -0.25) is 4.79 Å². The van der Waals surface area contributed by atoms with Crippen LogP contribution < -0.4 is 5.32 Å². The topological polar surface area (TPSA) is 88.5 Å². The smallest absolute Gasteiger partial charge is 0.407 e. The van der Waals surface area contributed by atoms with E-state index in [4.69, 9.17) is 4.74 Å². The van der Waals surface area contributed by atoms with Gasteiger partial charge in [0, 0.05) is 19.7 Å². The van der Waals surface area contributed by atoms with Crippen molar-refractivity contribution in [2.75, 3.05) is 0 Å². The van der Waals surface area contributed by atoms with Crippen molar-refractivity contribution in [3.8, 4) is 5.75 Å². The summed E-state index contributed by atoms with van der Waals surface area (Å²) in [7, 11) is 0. The fourth-order valence-corrected chi connectivity index (χ4v) is 1.35. The number of amides is 1. The molecule has 1 aromatic rings. The highest BCUT2D eigenvalue weighted by Gasteiger charge is 2.16. The van der Waals surface area contributed by atoms with Crippen LogP contribution in [-0.2, 0) is 11.3 Å². The number of nitrogens with zero attached hydrogens (tertiary/aromatic N) is 1. The maximum Gasteiger partial charge on any atom is 0.407 e. The van der Waals surface area contributed by atoms with Gasteiger partial charge >= 0.3 is 6.09 Å². The van der Waals surface area contributed by atoms with Crippen molar-refractivity contribution in [3.05, 3.63) is 23.5 Å². The Balaban J connectivity index is 2.62. The van der Waals surface area contributed by atoms with Crippen molar-refractivity contribution >= 4 is 11.9 Å². The van der Waals surface area contributed by atoms with Gasteiger partial charge in [0.2, 0.25) is 0 Å². The minimum absolute atomic E-state index is 0.0148. The lowest BCUT2D eigenvalue weighted by Gasteiger charge is -2.19. The number of Topliss-reactive ketones (excluding diaryl/α,β-unsaturated/α-hetero) is 1. The van der Waals surface area contributed by atoms with Crippen LogP contribution >= 0.6 is 0 Å². The first-order chi connectivity index (χ1) is 8.69. The van der Waals surface area contributed by atoms with Gasteiger partial charge in [-0.25, -0.2) is 9.78 Å². The fraction of sp³-hybridized carbons (Fsp3) is 0.462. The molecule has 0 spiro atoms. The summed E-state index contributed by atoms with van der Waals surface area (Å²) < 4.78 is 5.06. The van der Waals surface area contributed by atoms with Crippen LogP contribution in [-0.4, -0.2) is 27.6 Å². The van der Waals surface area contributed by atoms with Gasteiger partial charge in [-0.05, 0) is 32.4 Å². The van der Waals surface area contributed by atoms with Gasteiger partial charge in [0.1, 0.15) is 17.0 Å². The fourth-order valence-electron chi connectivity index (χ4n) is 1.35. The van der Waals surface area contributed by atoms with Crippen LogP contribution in [0.2, 0.25) is 0 Å². The summed E-state index contributed by atoms with van der Waals surface area (Å²) in [6.07, 6.45) is 0.871. The maximum absolute atomic E-state index is 11.4. The molecule has 6 heteroatoms. The quantitative estimate of drug-likeness (QED) is 0.817. The molecule has 0 aliphatic rings. The van der Waals surface area contributed by atoms with E-state index in [1.807, 2.05) is 0 Å². The SMILES string of the molecule is CC(=O)c1ncc(CNC(=O)OC(C)(C)C)cc1O. The van der Waals surface area contributed by atoms with Crippen molar-refractivity contribution in [1.82, 2.24) is 10.3 Å². The van der Waals surface area contributed by atoms with Gasteiger partial charge in [0.05, 0.1) is 0 Å². The Morgan fingerprint density at radius 1 is 1.42 bits per heavy atom. The second kappa shape index (κ2) is 5.69. The van der Waals surface area contributed by atoms with Crippen LogP contribution in [0.4, 0.5) is 4.79 Å². The number of carbonyl (C=O) groups excluding carboxylic acids is 2.